The van der Waals surface area contributed by atoms with E-state index in [2.05, 4.69) is 0 Å². The second-order valence-electron chi connectivity index (χ2n) is 0.962. The molecule has 0 saturated carbocycles. The molecule has 0 radical (unpaired) electrons. The van der Waals surface area contributed by atoms with Crippen molar-refractivity contribution < 1.29 is 21.0 Å². The summed E-state index contributed by atoms with van der Waals surface area (Å²) in [7, 11) is 0. The van der Waals surface area contributed by atoms with E-state index in [9.17, 15) is 0 Å². The van der Waals surface area contributed by atoms with Crippen LogP contribution in [0.25, 0.3) is 0 Å². The molecular weight excluding hydrogens is 287 g/mol. The summed E-state index contributed by atoms with van der Waals surface area (Å²) in [6, 6.07) is 10.0. The van der Waals surface area contributed by atoms with Gasteiger partial charge in [-0.25, -0.2) is 12.1 Å². The molecule has 0 spiro atoms. The summed E-state index contributed by atoms with van der Waals surface area (Å²) >= 11 is 1.06. The average Bonchev–Trinajstić information content (AvgIpc) is 2.23. The van der Waals surface area contributed by atoms with Gasteiger partial charge in [-0.05, 0) is 0 Å². The summed E-state index contributed by atoms with van der Waals surface area (Å²) in [6.07, 6.45) is 0. The molecule has 0 unspecified atom stereocenters. The van der Waals surface area contributed by atoms with Crippen molar-refractivity contribution in [1.82, 2.24) is 0 Å². The zero-order valence-electron chi connectivity index (χ0n) is 4.56. The zero-order valence-corrected chi connectivity index (χ0v) is 9.38. The first-order valence-electron chi connectivity index (χ1n) is 1.85. The molecule has 0 aromatic heterocycles. The Kier molecular flexibility index (Phi) is 28.8. The molecule has 0 fully saturated rings. The third kappa shape index (κ3) is 12.0. The van der Waals surface area contributed by atoms with E-state index in [-0.39, 0.29) is 34.0 Å². The van der Waals surface area contributed by atoms with Crippen LogP contribution >= 0.6 is 34.0 Å². The molecule has 1 rings (SSSR count). The molecule has 0 aliphatic rings. The van der Waals surface area contributed by atoms with Gasteiger partial charge >= 0.3 is 21.0 Å². The summed E-state index contributed by atoms with van der Waals surface area (Å²) in [5, 5.41) is 0. The van der Waals surface area contributed by atoms with Gasteiger partial charge in [0.1, 0.15) is 0 Å². The normalized spacial score (nSPS) is 4.78. The molecule has 4 heteroatoms. The standard InChI is InChI=1S/C5H5.2BrH.O.V/c1-2-4-5-3-1;;;;/h1-5H;2*1H;;/q-1;;;;. The van der Waals surface area contributed by atoms with E-state index in [1.807, 2.05) is 30.3 Å². The largest absolute Gasteiger partial charge is 0.214 e. The quantitative estimate of drug-likeness (QED) is 0.672. The van der Waals surface area contributed by atoms with Gasteiger partial charge in [-0.3, -0.25) is 0 Å². The smallest absolute Gasteiger partial charge is 0.172 e. The first-order valence-corrected chi connectivity index (χ1v) is 2.42. The van der Waals surface area contributed by atoms with Crippen molar-refractivity contribution >= 4 is 34.0 Å². The monoisotopic (exact) mass is 292 g/mol. The Morgan fingerprint density at radius 2 is 1.33 bits per heavy atom. The summed E-state index contributed by atoms with van der Waals surface area (Å²) in [5.41, 5.74) is 0. The molecule has 0 heterocycles. The van der Waals surface area contributed by atoms with Crippen LogP contribution in [0.3, 0.4) is 0 Å². The van der Waals surface area contributed by atoms with E-state index in [0.717, 1.165) is 17.4 Å². The van der Waals surface area contributed by atoms with Crippen molar-refractivity contribution in [2.45, 2.75) is 0 Å². The third-order valence-corrected chi connectivity index (χ3v) is 0.556. The topological polar surface area (TPSA) is 17.1 Å². The van der Waals surface area contributed by atoms with Gasteiger partial charge in [0.25, 0.3) is 0 Å². The SMILES string of the molecule is Br.Br.[O]=[V].c1cc[cH-]c1. The number of rotatable bonds is 0. The maximum Gasteiger partial charge on any atom is -0.172 e. The summed E-state index contributed by atoms with van der Waals surface area (Å²) in [4.78, 5) is 0. The number of hydrogen-bond acceptors (Lipinski definition) is 1. The number of hydrogen-bond donors (Lipinski definition) is 0. The van der Waals surface area contributed by atoms with Crippen LogP contribution in [0.1, 0.15) is 0 Å². The molecule has 0 aliphatic carbocycles. The van der Waals surface area contributed by atoms with Crippen molar-refractivity contribution in [3.63, 3.8) is 0 Å². The van der Waals surface area contributed by atoms with Crippen molar-refractivity contribution in [2.24, 2.45) is 0 Å². The van der Waals surface area contributed by atoms with Crippen LogP contribution in [-0.4, -0.2) is 0 Å². The van der Waals surface area contributed by atoms with Gasteiger partial charge in [-0.15, -0.1) is 34.0 Å². The Morgan fingerprint density at radius 3 is 1.44 bits per heavy atom. The van der Waals surface area contributed by atoms with Crippen LogP contribution < -0.4 is 0 Å². The Hall–Kier alpha value is 0.694. The van der Waals surface area contributed by atoms with E-state index in [4.69, 9.17) is 3.67 Å². The van der Waals surface area contributed by atoms with Crippen molar-refractivity contribution in [3.05, 3.63) is 30.3 Å². The maximum absolute atomic E-state index is 8.19. The van der Waals surface area contributed by atoms with Gasteiger partial charge in [0.15, 0.2) is 0 Å². The van der Waals surface area contributed by atoms with Crippen LogP contribution in [-0.2, 0) is 21.0 Å². The molecule has 0 atom stereocenters. The van der Waals surface area contributed by atoms with Gasteiger partial charge in [-0.1, -0.05) is 0 Å². The Bertz CT molecular complexity index is 81.9. The minimum Gasteiger partial charge on any atom is -0.214 e. The van der Waals surface area contributed by atoms with Crippen LogP contribution in [0.15, 0.2) is 30.3 Å². The maximum atomic E-state index is 8.19. The summed E-state index contributed by atoms with van der Waals surface area (Å²) < 4.78 is 8.19. The molecule has 0 aliphatic heterocycles. The second kappa shape index (κ2) is 15.9. The molecule has 1 aromatic carbocycles. The first kappa shape index (κ1) is 16.4. The van der Waals surface area contributed by atoms with E-state index < -0.39 is 0 Å². The molecule has 0 amide bonds. The van der Waals surface area contributed by atoms with E-state index in [1.165, 1.54) is 0 Å². The van der Waals surface area contributed by atoms with Crippen molar-refractivity contribution in [3.8, 4) is 0 Å². The fourth-order valence-electron chi connectivity index (χ4n) is 0.321. The molecule has 0 saturated heterocycles. The summed E-state index contributed by atoms with van der Waals surface area (Å²) in [5.74, 6) is 0. The molecule has 0 bridgehead atoms. The van der Waals surface area contributed by atoms with Gasteiger partial charge < -0.3 is 0 Å². The van der Waals surface area contributed by atoms with Gasteiger partial charge in [0.2, 0.25) is 0 Å². The minimum atomic E-state index is 0. The number of halogens is 2. The second-order valence-corrected chi connectivity index (χ2v) is 0.962. The van der Waals surface area contributed by atoms with E-state index >= 15 is 0 Å². The van der Waals surface area contributed by atoms with E-state index in [1.54, 1.807) is 0 Å². The average molecular weight is 294 g/mol. The zero-order chi connectivity index (χ0) is 5.54. The molecular formula is C5H7Br2OV-. The Balaban J connectivity index is -0.0000000836. The fraction of sp³-hybridized carbons (Fsp3) is 0. The van der Waals surface area contributed by atoms with Crippen molar-refractivity contribution in [1.29, 1.82) is 0 Å². The predicted molar refractivity (Wildman–Crippen MR) is 43.4 cm³/mol. The fourth-order valence-corrected chi connectivity index (χ4v) is 0.321. The predicted octanol–water partition coefficient (Wildman–Crippen LogP) is 2.44. The van der Waals surface area contributed by atoms with Gasteiger partial charge in [0, 0.05) is 0 Å². The van der Waals surface area contributed by atoms with Crippen LogP contribution in [0.5, 0.6) is 0 Å². The molecule has 1 aromatic rings. The minimum absolute atomic E-state index is 0. The van der Waals surface area contributed by atoms with Crippen LogP contribution in [0, 0.1) is 0 Å². The summed E-state index contributed by atoms with van der Waals surface area (Å²) in [6.45, 7) is 0. The van der Waals surface area contributed by atoms with Crippen LogP contribution in [0.2, 0.25) is 0 Å². The Morgan fingerprint density at radius 1 is 1.00 bits per heavy atom. The van der Waals surface area contributed by atoms with Gasteiger partial charge in [-0.2, -0.15) is 18.2 Å². The molecule has 0 N–H and O–H groups in total. The molecule has 1 nitrogen and oxygen atoms in total. The third-order valence-electron chi connectivity index (χ3n) is 0.556. The molecule has 53 valence electrons. The van der Waals surface area contributed by atoms with E-state index in [0.29, 0.717) is 0 Å². The first-order chi connectivity index (χ1) is 3.50. The molecule has 9 heavy (non-hydrogen) atoms. The van der Waals surface area contributed by atoms with Crippen molar-refractivity contribution in [2.75, 3.05) is 0 Å². The Labute approximate surface area is 84.9 Å². The van der Waals surface area contributed by atoms with Crippen LogP contribution in [0.4, 0.5) is 0 Å². The van der Waals surface area contributed by atoms with Gasteiger partial charge in [0.05, 0.1) is 0 Å².